The Morgan fingerprint density at radius 2 is 1.23 bits per heavy atom. The van der Waals surface area contributed by atoms with Crippen molar-refractivity contribution in [3.63, 3.8) is 0 Å². The standard InChI is InChI=1S/C42H51F3O3/c1-4-6-8-10-11-12-14-32-16-20-34(21-17-32)35-22-18-33(19-23-35)30-47-39-27-26-37-28-36(24-25-38(37)29-39)31(3)41(46)48-40(42(43,44)45)15-13-9-7-5-2/h16-29,31,40H,4-15,30H2,1-3H3/t31-,40-/m0/s1. The predicted molar refractivity (Wildman–Crippen MR) is 190 cm³/mol. The van der Waals surface area contributed by atoms with Crippen LogP contribution in [0.2, 0.25) is 0 Å². The average Bonchev–Trinajstić information content (AvgIpc) is 3.09. The van der Waals surface area contributed by atoms with Gasteiger partial charge in [0.2, 0.25) is 0 Å². The van der Waals surface area contributed by atoms with Crippen molar-refractivity contribution < 1.29 is 27.4 Å². The minimum atomic E-state index is -4.58. The Kier molecular flexibility index (Phi) is 14.4. The summed E-state index contributed by atoms with van der Waals surface area (Å²) in [5.41, 5.74) is 5.44. The fourth-order valence-corrected chi connectivity index (χ4v) is 5.96. The van der Waals surface area contributed by atoms with Crippen LogP contribution in [-0.2, 0) is 22.6 Å². The van der Waals surface area contributed by atoms with Crippen molar-refractivity contribution in [2.45, 2.75) is 123 Å². The van der Waals surface area contributed by atoms with Gasteiger partial charge in [-0.25, -0.2) is 0 Å². The molecule has 0 aliphatic rings. The summed E-state index contributed by atoms with van der Waals surface area (Å²) in [5.74, 6) is -0.973. The Morgan fingerprint density at radius 3 is 1.88 bits per heavy atom. The summed E-state index contributed by atoms with van der Waals surface area (Å²) in [6.07, 6.45) is 4.98. The van der Waals surface area contributed by atoms with E-state index in [0.29, 0.717) is 30.8 Å². The maximum atomic E-state index is 13.5. The van der Waals surface area contributed by atoms with Crippen LogP contribution in [0.25, 0.3) is 21.9 Å². The second kappa shape index (κ2) is 18.7. The summed E-state index contributed by atoms with van der Waals surface area (Å²) in [7, 11) is 0. The molecule has 0 radical (unpaired) electrons. The maximum absolute atomic E-state index is 13.5. The molecule has 2 atom stereocenters. The molecule has 0 fully saturated rings. The first-order chi connectivity index (χ1) is 23.2. The molecule has 0 spiro atoms. The molecule has 258 valence electrons. The van der Waals surface area contributed by atoms with Crippen LogP contribution in [0.5, 0.6) is 5.75 Å². The number of alkyl halides is 3. The number of ether oxygens (including phenoxy) is 2. The van der Waals surface area contributed by atoms with E-state index in [4.69, 9.17) is 9.47 Å². The highest BCUT2D eigenvalue weighted by molar-refractivity contribution is 5.87. The van der Waals surface area contributed by atoms with Crippen molar-refractivity contribution >= 4 is 16.7 Å². The Morgan fingerprint density at radius 1 is 0.667 bits per heavy atom. The first-order valence-electron chi connectivity index (χ1n) is 17.8. The van der Waals surface area contributed by atoms with E-state index in [0.717, 1.165) is 35.6 Å². The van der Waals surface area contributed by atoms with Crippen molar-refractivity contribution in [1.29, 1.82) is 0 Å². The van der Waals surface area contributed by atoms with E-state index in [1.54, 1.807) is 13.0 Å². The molecule has 0 heterocycles. The molecular weight excluding hydrogens is 609 g/mol. The highest BCUT2D eigenvalue weighted by atomic mass is 19.4. The van der Waals surface area contributed by atoms with Crippen molar-refractivity contribution in [3.05, 3.63) is 102 Å². The summed E-state index contributed by atoms with van der Waals surface area (Å²) >= 11 is 0. The van der Waals surface area contributed by atoms with Gasteiger partial charge in [0, 0.05) is 0 Å². The van der Waals surface area contributed by atoms with Gasteiger partial charge in [0.1, 0.15) is 12.4 Å². The largest absolute Gasteiger partial charge is 0.489 e. The zero-order chi connectivity index (χ0) is 34.4. The van der Waals surface area contributed by atoms with Crippen LogP contribution < -0.4 is 4.74 Å². The third kappa shape index (κ3) is 11.4. The second-order valence-electron chi connectivity index (χ2n) is 13.0. The van der Waals surface area contributed by atoms with Gasteiger partial charge in [-0.15, -0.1) is 0 Å². The van der Waals surface area contributed by atoms with Gasteiger partial charge < -0.3 is 9.47 Å². The molecule has 0 aliphatic carbocycles. The number of aryl methyl sites for hydroxylation is 1. The number of esters is 1. The summed E-state index contributed by atoms with van der Waals surface area (Å²) in [5, 5.41) is 1.78. The van der Waals surface area contributed by atoms with Gasteiger partial charge in [-0.3, -0.25) is 4.79 Å². The smallest absolute Gasteiger partial charge is 0.425 e. The summed E-state index contributed by atoms with van der Waals surface area (Å²) in [4.78, 5) is 12.7. The number of hydrogen-bond donors (Lipinski definition) is 0. The van der Waals surface area contributed by atoms with Gasteiger partial charge in [0.15, 0.2) is 6.10 Å². The van der Waals surface area contributed by atoms with Crippen LogP contribution in [0.3, 0.4) is 0 Å². The molecule has 0 unspecified atom stereocenters. The molecule has 0 saturated carbocycles. The van der Waals surface area contributed by atoms with E-state index in [9.17, 15) is 18.0 Å². The molecule has 0 bridgehead atoms. The number of carbonyl (C=O) groups is 1. The van der Waals surface area contributed by atoms with Gasteiger partial charge in [-0.05, 0) is 83.3 Å². The molecule has 6 heteroatoms. The summed E-state index contributed by atoms with van der Waals surface area (Å²) in [6.45, 7) is 6.25. The van der Waals surface area contributed by atoms with E-state index in [1.807, 2.05) is 37.3 Å². The third-order valence-corrected chi connectivity index (χ3v) is 9.10. The lowest BCUT2D eigenvalue weighted by Crippen LogP contribution is -2.35. The zero-order valence-electron chi connectivity index (χ0n) is 28.8. The first-order valence-corrected chi connectivity index (χ1v) is 17.8. The van der Waals surface area contributed by atoms with Crippen LogP contribution in [-0.4, -0.2) is 18.2 Å². The molecule has 0 amide bonds. The number of unbranched alkanes of at least 4 members (excludes halogenated alkanes) is 8. The van der Waals surface area contributed by atoms with E-state index in [2.05, 4.69) is 55.5 Å². The van der Waals surface area contributed by atoms with E-state index in [1.165, 1.54) is 55.2 Å². The molecule has 3 nitrogen and oxygen atoms in total. The van der Waals surface area contributed by atoms with Crippen LogP contribution in [0.15, 0.2) is 84.9 Å². The first kappa shape index (κ1) is 37.0. The maximum Gasteiger partial charge on any atom is 0.425 e. The fourth-order valence-electron chi connectivity index (χ4n) is 5.96. The predicted octanol–water partition coefficient (Wildman–Crippen LogP) is 12.5. The number of carbonyl (C=O) groups excluding carboxylic acids is 1. The minimum Gasteiger partial charge on any atom is -0.489 e. The molecule has 4 aromatic rings. The SMILES string of the molecule is CCCCCCCCc1ccc(-c2ccc(COc3ccc4cc([C@H](C)C(=O)O[C@@H](CCCCCC)C(F)(F)F)ccc4c3)cc2)cc1. The van der Waals surface area contributed by atoms with Crippen molar-refractivity contribution in [2.75, 3.05) is 0 Å². The Hall–Kier alpha value is -3.80. The number of hydrogen-bond acceptors (Lipinski definition) is 3. The van der Waals surface area contributed by atoms with Gasteiger partial charge in [-0.2, -0.15) is 13.2 Å². The molecule has 0 saturated heterocycles. The summed E-state index contributed by atoms with van der Waals surface area (Å²) < 4.78 is 51.7. The summed E-state index contributed by atoms with van der Waals surface area (Å²) in [6, 6.07) is 28.5. The lowest BCUT2D eigenvalue weighted by Gasteiger charge is -2.23. The van der Waals surface area contributed by atoms with Crippen molar-refractivity contribution in [2.24, 2.45) is 0 Å². The van der Waals surface area contributed by atoms with Crippen molar-refractivity contribution in [1.82, 2.24) is 0 Å². The minimum absolute atomic E-state index is 0.209. The van der Waals surface area contributed by atoms with E-state index < -0.39 is 24.2 Å². The molecule has 4 rings (SSSR count). The van der Waals surface area contributed by atoms with Crippen LogP contribution in [0, 0.1) is 0 Å². The lowest BCUT2D eigenvalue weighted by atomic mass is 9.97. The van der Waals surface area contributed by atoms with Crippen LogP contribution in [0.4, 0.5) is 13.2 Å². The highest BCUT2D eigenvalue weighted by Crippen LogP contribution is 2.31. The normalized spacial score (nSPS) is 13.0. The Labute approximate surface area is 284 Å². The average molecular weight is 661 g/mol. The van der Waals surface area contributed by atoms with E-state index in [-0.39, 0.29) is 6.42 Å². The highest BCUT2D eigenvalue weighted by Gasteiger charge is 2.42. The molecule has 0 aromatic heterocycles. The van der Waals surface area contributed by atoms with Crippen LogP contribution in [0.1, 0.15) is 114 Å². The quantitative estimate of drug-likeness (QED) is 0.0742. The van der Waals surface area contributed by atoms with Gasteiger partial charge >= 0.3 is 12.1 Å². The van der Waals surface area contributed by atoms with Gasteiger partial charge in [0.25, 0.3) is 0 Å². The fraction of sp³-hybridized carbons (Fsp3) is 0.452. The molecule has 0 N–H and O–H groups in total. The van der Waals surface area contributed by atoms with Crippen LogP contribution >= 0.6 is 0 Å². The molecule has 48 heavy (non-hydrogen) atoms. The lowest BCUT2D eigenvalue weighted by molar-refractivity contribution is -0.223. The second-order valence-corrected chi connectivity index (χ2v) is 13.0. The van der Waals surface area contributed by atoms with Crippen molar-refractivity contribution in [3.8, 4) is 16.9 Å². The number of rotatable bonds is 19. The Bertz CT molecular complexity index is 1540. The topological polar surface area (TPSA) is 35.5 Å². The molecular formula is C42H51F3O3. The van der Waals surface area contributed by atoms with Gasteiger partial charge in [0.05, 0.1) is 5.92 Å². The monoisotopic (exact) mass is 660 g/mol. The molecule has 4 aromatic carbocycles. The number of halogens is 3. The Balaban J connectivity index is 1.29. The zero-order valence-corrected chi connectivity index (χ0v) is 28.8. The molecule has 0 aliphatic heterocycles. The van der Waals surface area contributed by atoms with Gasteiger partial charge in [-0.1, -0.05) is 138 Å². The number of benzene rings is 4. The third-order valence-electron chi connectivity index (χ3n) is 9.10. The number of fused-ring (bicyclic) bond motifs is 1. The van der Waals surface area contributed by atoms with E-state index >= 15 is 0 Å².